The van der Waals surface area contributed by atoms with Gasteiger partial charge in [-0.3, -0.25) is 14.4 Å². The Morgan fingerprint density at radius 3 is 2.28 bits per heavy atom. The number of carboxylic acids is 1. The smallest absolute Gasteiger partial charge is 0.313 e. The number of carbonyl (C=O) groups excluding carboxylic acids is 2. The summed E-state index contributed by atoms with van der Waals surface area (Å²) in [6.45, 7) is -0.0555. The second kappa shape index (κ2) is 6.72. The molecular weight excluding hydrogens is 344 g/mol. The Bertz CT molecular complexity index is 861. The van der Waals surface area contributed by atoms with Crippen LogP contribution in [0.25, 0.3) is 10.8 Å². The Balaban J connectivity index is 1.66. The summed E-state index contributed by atoms with van der Waals surface area (Å²) in [4.78, 5) is 35.3. The van der Waals surface area contributed by atoms with Gasteiger partial charge >= 0.3 is 17.8 Å². The van der Waals surface area contributed by atoms with Crippen molar-refractivity contribution in [3.05, 3.63) is 41.4 Å². The van der Waals surface area contributed by atoms with E-state index in [-0.39, 0.29) is 6.54 Å². The minimum absolute atomic E-state index is 0.0555. The van der Waals surface area contributed by atoms with Crippen LogP contribution >= 0.6 is 11.6 Å². The zero-order chi connectivity index (χ0) is 18.0. The molecule has 1 aliphatic carbocycles. The van der Waals surface area contributed by atoms with Crippen molar-refractivity contribution in [3.63, 3.8) is 0 Å². The highest BCUT2D eigenvalue weighted by Gasteiger charge is 2.44. The fourth-order valence-electron chi connectivity index (χ4n) is 2.89. The van der Waals surface area contributed by atoms with Gasteiger partial charge in [0.25, 0.3) is 0 Å². The number of hydrogen-bond acceptors (Lipinski definition) is 3. The first-order valence-electron chi connectivity index (χ1n) is 7.92. The third-order valence-corrected chi connectivity index (χ3v) is 4.95. The molecule has 3 rings (SSSR count). The number of rotatable bonds is 4. The lowest BCUT2D eigenvalue weighted by atomic mass is 9.69. The SMILES string of the molecule is O=C(NCC1(C(=O)O)CCC1)C(=O)Nc1cc2ccccc2cc1Cl. The lowest BCUT2D eigenvalue weighted by Crippen LogP contribution is -2.49. The maximum atomic E-state index is 12.1. The van der Waals surface area contributed by atoms with Crippen molar-refractivity contribution in [2.45, 2.75) is 19.3 Å². The van der Waals surface area contributed by atoms with E-state index < -0.39 is 23.2 Å². The van der Waals surface area contributed by atoms with Crippen LogP contribution in [0.1, 0.15) is 19.3 Å². The molecule has 7 heteroatoms. The van der Waals surface area contributed by atoms with Gasteiger partial charge in [0.1, 0.15) is 0 Å². The highest BCUT2D eigenvalue weighted by Crippen LogP contribution is 2.40. The summed E-state index contributed by atoms with van der Waals surface area (Å²) < 4.78 is 0. The van der Waals surface area contributed by atoms with Crippen LogP contribution in [0, 0.1) is 5.41 Å². The number of carbonyl (C=O) groups is 3. The molecule has 2 aromatic carbocycles. The Labute approximate surface area is 149 Å². The van der Waals surface area contributed by atoms with Crippen LogP contribution in [0.15, 0.2) is 36.4 Å². The second-order valence-electron chi connectivity index (χ2n) is 6.26. The molecule has 3 N–H and O–H groups in total. The average molecular weight is 361 g/mol. The van der Waals surface area contributed by atoms with Gasteiger partial charge in [0, 0.05) is 6.54 Å². The summed E-state index contributed by atoms with van der Waals surface area (Å²) in [5, 5.41) is 16.2. The lowest BCUT2D eigenvalue weighted by molar-refractivity contribution is -0.154. The van der Waals surface area contributed by atoms with Crippen molar-refractivity contribution in [2.75, 3.05) is 11.9 Å². The normalized spacial score (nSPS) is 15.2. The van der Waals surface area contributed by atoms with Crippen LogP contribution in [0.4, 0.5) is 5.69 Å². The van der Waals surface area contributed by atoms with E-state index in [4.69, 9.17) is 11.6 Å². The molecule has 0 radical (unpaired) electrons. The summed E-state index contributed by atoms with van der Waals surface area (Å²) in [6, 6.07) is 10.9. The summed E-state index contributed by atoms with van der Waals surface area (Å²) in [6.07, 6.45) is 1.81. The maximum absolute atomic E-state index is 12.1. The summed E-state index contributed by atoms with van der Waals surface area (Å²) in [5.74, 6) is -2.70. The minimum atomic E-state index is -0.948. The number of fused-ring (bicyclic) bond motifs is 1. The molecule has 0 aromatic heterocycles. The van der Waals surface area contributed by atoms with Crippen molar-refractivity contribution in [2.24, 2.45) is 5.41 Å². The van der Waals surface area contributed by atoms with Crippen LogP contribution in [0.2, 0.25) is 5.02 Å². The number of aliphatic carboxylic acids is 1. The molecule has 2 aromatic rings. The van der Waals surface area contributed by atoms with E-state index in [1.54, 1.807) is 12.1 Å². The van der Waals surface area contributed by atoms with E-state index in [1.807, 2.05) is 24.3 Å². The van der Waals surface area contributed by atoms with Crippen molar-refractivity contribution >= 4 is 45.8 Å². The molecule has 1 aliphatic rings. The van der Waals surface area contributed by atoms with Crippen LogP contribution in [-0.2, 0) is 14.4 Å². The van der Waals surface area contributed by atoms with Gasteiger partial charge in [0.2, 0.25) is 0 Å². The number of hydrogen-bond donors (Lipinski definition) is 3. The third-order valence-electron chi connectivity index (χ3n) is 4.64. The van der Waals surface area contributed by atoms with E-state index in [9.17, 15) is 19.5 Å². The molecule has 0 heterocycles. The molecule has 1 saturated carbocycles. The second-order valence-corrected chi connectivity index (χ2v) is 6.66. The molecule has 0 bridgehead atoms. The Hall–Kier alpha value is -2.60. The van der Waals surface area contributed by atoms with E-state index in [2.05, 4.69) is 10.6 Å². The number of amides is 2. The van der Waals surface area contributed by atoms with Crippen LogP contribution in [-0.4, -0.2) is 29.4 Å². The first-order valence-corrected chi connectivity index (χ1v) is 8.30. The molecule has 0 atom stereocenters. The van der Waals surface area contributed by atoms with Crippen LogP contribution in [0.5, 0.6) is 0 Å². The van der Waals surface area contributed by atoms with Crippen LogP contribution in [0.3, 0.4) is 0 Å². The fourth-order valence-corrected chi connectivity index (χ4v) is 3.11. The standard InChI is InChI=1S/C18H17ClN2O4/c19-13-8-11-4-1-2-5-12(11)9-14(13)21-16(23)15(22)20-10-18(17(24)25)6-3-7-18/h1-2,4-5,8-9H,3,6-7,10H2,(H,20,22)(H,21,23)(H,24,25). The van der Waals surface area contributed by atoms with Crippen molar-refractivity contribution < 1.29 is 19.5 Å². The number of nitrogens with one attached hydrogen (secondary N) is 2. The van der Waals surface area contributed by atoms with Crippen molar-refractivity contribution in [1.29, 1.82) is 0 Å². The molecule has 0 saturated heterocycles. The number of carboxylic acid groups (broad SMARTS) is 1. The van der Waals surface area contributed by atoms with Gasteiger partial charge in [0.15, 0.2) is 0 Å². The Morgan fingerprint density at radius 2 is 1.72 bits per heavy atom. The number of anilines is 1. The maximum Gasteiger partial charge on any atom is 0.313 e. The zero-order valence-corrected chi connectivity index (χ0v) is 14.1. The molecule has 0 unspecified atom stereocenters. The van der Waals surface area contributed by atoms with E-state index in [0.29, 0.717) is 23.6 Å². The molecule has 6 nitrogen and oxygen atoms in total. The van der Waals surface area contributed by atoms with Gasteiger partial charge < -0.3 is 15.7 Å². The van der Waals surface area contributed by atoms with Gasteiger partial charge in [-0.1, -0.05) is 42.3 Å². The van der Waals surface area contributed by atoms with Gasteiger partial charge in [-0.05, 0) is 35.7 Å². The predicted molar refractivity (Wildman–Crippen MR) is 94.5 cm³/mol. The van der Waals surface area contributed by atoms with Gasteiger partial charge in [-0.2, -0.15) is 0 Å². The molecule has 0 aliphatic heterocycles. The predicted octanol–water partition coefficient (Wildman–Crippen LogP) is 2.80. The summed E-state index contributed by atoms with van der Waals surface area (Å²) >= 11 is 6.15. The van der Waals surface area contributed by atoms with Gasteiger partial charge in [-0.15, -0.1) is 0 Å². The van der Waals surface area contributed by atoms with E-state index >= 15 is 0 Å². The van der Waals surface area contributed by atoms with E-state index in [1.165, 1.54) is 0 Å². The van der Waals surface area contributed by atoms with Crippen molar-refractivity contribution in [3.8, 4) is 0 Å². The molecule has 25 heavy (non-hydrogen) atoms. The lowest BCUT2D eigenvalue weighted by Gasteiger charge is -2.37. The molecule has 130 valence electrons. The van der Waals surface area contributed by atoms with Crippen molar-refractivity contribution in [1.82, 2.24) is 5.32 Å². The molecule has 1 fully saturated rings. The Kier molecular flexibility index (Phi) is 4.63. The third kappa shape index (κ3) is 3.44. The first-order chi connectivity index (χ1) is 11.9. The molecular formula is C18H17ClN2O4. The zero-order valence-electron chi connectivity index (χ0n) is 13.3. The monoisotopic (exact) mass is 360 g/mol. The quantitative estimate of drug-likeness (QED) is 0.730. The van der Waals surface area contributed by atoms with Gasteiger partial charge in [-0.25, -0.2) is 0 Å². The van der Waals surface area contributed by atoms with Gasteiger partial charge in [0.05, 0.1) is 16.1 Å². The minimum Gasteiger partial charge on any atom is -0.481 e. The summed E-state index contributed by atoms with van der Waals surface area (Å²) in [5.41, 5.74) is -0.617. The summed E-state index contributed by atoms with van der Waals surface area (Å²) in [7, 11) is 0. The highest BCUT2D eigenvalue weighted by molar-refractivity contribution is 6.41. The largest absolute Gasteiger partial charge is 0.481 e. The topological polar surface area (TPSA) is 95.5 Å². The molecule has 2 amide bonds. The molecule has 0 spiro atoms. The van der Waals surface area contributed by atoms with Crippen LogP contribution < -0.4 is 10.6 Å². The Morgan fingerprint density at radius 1 is 1.08 bits per heavy atom. The fraction of sp³-hybridized carbons (Fsp3) is 0.278. The highest BCUT2D eigenvalue weighted by atomic mass is 35.5. The average Bonchev–Trinajstić information content (AvgIpc) is 2.53. The van der Waals surface area contributed by atoms with E-state index in [0.717, 1.165) is 17.2 Å². The number of benzene rings is 2. The number of halogens is 1. The first kappa shape index (κ1) is 17.2.